The van der Waals surface area contributed by atoms with Crippen LogP contribution in [-0.4, -0.2) is 8.42 Å². The highest BCUT2D eigenvalue weighted by Gasteiger charge is 2.14. The van der Waals surface area contributed by atoms with Gasteiger partial charge in [0, 0.05) is 10.7 Å². The number of nitriles is 1. The monoisotopic (exact) mass is 235 g/mol. The maximum Gasteiger partial charge on any atom is 0.262 e. The fourth-order valence-corrected chi connectivity index (χ4v) is 2.25. The maximum atomic E-state index is 10.9. The maximum absolute atomic E-state index is 10.9. The van der Waals surface area contributed by atoms with Crippen LogP contribution in [0, 0.1) is 11.3 Å². The zero-order chi connectivity index (χ0) is 10.1. The lowest BCUT2D eigenvalue weighted by Crippen LogP contribution is -1.92. The molecule has 0 saturated heterocycles. The molecule has 1 rings (SSSR count). The molecule has 0 bridgehead atoms. The Hall–Kier alpha value is -0.760. The van der Waals surface area contributed by atoms with Gasteiger partial charge in [-0.15, -0.1) is 0 Å². The minimum absolute atomic E-state index is 0.00833. The van der Waals surface area contributed by atoms with Crippen LogP contribution in [0.15, 0.2) is 23.1 Å². The lowest BCUT2D eigenvalue weighted by Gasteiger charge is -1.98. The van der Waals surface area contributed by atoms with E-state index >= 15 is 0 Å². The zero-order valence-electron chi connectivity index (χ0n) is 6.16. The fraction of sp³-hybridized carbons (Fsp3) is 0. The van der Waals surface area contributed by atoms with Crippen molar-refractivity contribution < 1.29 is 8.42 Å². The summed E-state index contributed by atoms with van der Waals surface area (Å²) in [6.45, 7) is 0. The number of benzene rings is 1. The van der Waals surface area contributed by atoms with Crippen LogP contribution in [0.25, 0.3) is 0 Å². The second-order valence-corrected chi connectivity index (χ2v) is 5.14. The quantitative estimate of drug-likeness (QED) is 0.702. The molecular weight excluding hydrogens is 233 g/mol. The van der Waals surface area contributed by atoms with E-state index in [1.165, 1.54) is 12.1 Å². The molecule has 0 aliphatic heterocycles. The first-order chi connectivity index (χ1) is 5.95. The second kappa shape index (κ2) is 3.54. The lowest BCUT2D eigenvalue weighted by molar-refractivity contribution is 0.609. The van der Waals surface area contributed by atoms with Gasteiger partial charge in [0.2, 0.25) is 0 Å². The van der Waals surface area contributed by atoms with E-state index in [1.807, 2.05) is 0 Å². The van der Waals surface area contributed by atoms with Gasteiger partial charge in [0.15, 0.2) is 0 Å². The van der Waals surface area contributed by atoms with Crippen LogP contribution in [0.4, 0.5) is 0 Å². The molecule has 0 N–H and O–H groups in total. The Labute approximate surface area is 84.9 Å². The van der Waals surface area contributed by atoms with Crippen LogP contribution >= 0.6 is 22.3 Å². The van der Waals surface area contributed by atoms with Crippen molar-refractivity contribution in [3.05, 3.63) is 28.8 Å². The van der Waals surface area contributed by atoms with E-state index in [0.717, 1.165) is 6.07 Å². The van der Waals surface area contributed by atoms with Gasteiger partial charge in [-0.3, -0.25) is 0 Å². The van der Waals surface area contributed by atoms with Crippen LogP contribution in [-0.2, 0) is 9.05 Å². The molecule has 0 radical (unpaired) electrons. The number of halogens is 2. The van der Waals surface area contributed by atoms with Gasteiger partial charge in [0.05, 0.1) is 16.7 Å². The van der Waals surface area contributed by atoms with Gasteiger partial charge in [-0.05, 0) is 18.2 Å². The van der Waals surface area contributed by atoms with E-state index in [9.17, 15) is 8.42 Å². The Morgan fingerprint density at radius 1 is 1.38 bits per heavy atom. The Morgan fingerprint density at radius 3 is 2.46 bits per heavy atom. The van der Waals surface area contributed by atoms with E-state index in [-0.39, 0.29) is 15.5 Å². The van der Waals surface area contributed by atoms with Gasteiger partial charge in [-0.25, -0.2) is 8.42 Å². The topological polar surface area (TPSA) is 57.9 Å². The minimum Gasteiger partial charge on any atom is -0.207 e. The summed E-state index contributed by atoms with van der Waals surface area (Å²) in [5.74, 6) is 0. The Kier molecular flexibility index (Phi) is 2.81. The molecule has 0 heterocycles. The summed E-state index contributed by atoms with van der Waals surface area (Å²) in [4.78, 5) is -0.241. The highest BCUT2D eigenvalue weighted by atomic mass is 35.7. The zero-order valence-corrected chi connectivity index (χ0v) is 8.49. The van der Waals surface area contributed by atoms with Crippen molar-refractivity contribution in [1.29, 1.82) is 5.26 Å². The van der Waals surface area contributed by atoms with Gasteiger partial charge in [-0.1, -0.05) is 11.6 Å². The number of hydrogen-bond donors (Lipinski definition) is 0. The molecule has 0 aromatic heterocycles. The number of rotatable bonds is 1. The Bertz CT molecular complexity index is 476. The first kappa shape index (κ1) is 10.3. The summed E-state index contributed by atoms with van der Waals surface area (Å²) < 4.78 is 21.8. The Morgan fingerprint density at radius 2 is 2.00 bits per heavy atom. The lowest BCUT2D eigenvalue weighted by atomic mass is 10.2. The fourth-order valence-electron chi connectivity index (χ4n) is 0.760. The van der Waals surface area contributed by atoms with Crippen molar-refractivity contribution in [1.82, 2.24) is 0 Å². The van der Waals surface area contributed by atoms with Crippen LogP contribution < -0.4 is 0 Å². The molecule has 6 heteroatoms. The molecule has 3 nitrogen and oxygen atoms in total. The third kappa shape index (κ3) is 2.34. The molecule has 0 atom stereocenters. The van der Waals surface area contributed by atoms with Gasteiger partial charge in [0.1, 0.15) is 4.90 Å². The summed E-state index contributed by atoms with van der Waals surface area (Å²) in [7, 11) is 1.19. The van der Waals surface area contributed by atoms with Gasteiger partial charge < -0.3 is 0 Å². The molecule has 0 spiro atoms. The third-order valence-corrected chi connectivity index (χ3v) is 3.13. The molecule has 0 aliphatic carbocycles. The standard InChI is InChI=1S/C7H3Cl2NO2S/c8-6-2-1-5(4-10)3-7(6)13(9,11)12/h1-3H. The largest absolute Gasteiger partial charge is 0.262 e. The predicted molar refractivity (Wildman–Crippen MR) is 49.2 cm³/mol. The predicted octanol–water partition coefficient (Wildman–Crippen LogP) is 2.14. The van der Waals surface area contributed by atoms with E-state index in [2.05, 4.69) is 0 Å². The molecule has 1 aromatic rings. The second-order valence-electron chi connectivity index (χ2n) is 2.19. The van der Waals surface area contributed by atoms with Crippen molar-refractivity contribution in [3.8, 4) is 6.07 Å². The molecule has 0 amide bonds. The van der Waals surface area contributed by atoms with Crippen LogP contribution in [0.1, 0.15) is 5.56 Å². The van der Waals surface area contributed by atoms with E-state index in [4.69, 9.17) is 27.5 Å². The van der Waals surface area contributed by atoms with E-state index in [0.29, 0.717) is 0 Å². The summed E-state index contributed by atoms with van der Waals surface area (Å²) in [6, 6.07) is 5.64. The summed E-state index contributed by atoms with van der Waals surface area (Å²) in [5, 5.41) is 8.50. The third-order valence-electron chi connectivity index (χ3n) is 1.32. The molecule has 68 valence electrons. The van der Waals surface area contributed by atoms with Gasteiger partial charge in [0.25, 0.3) is 9.05 Å². The average molecular weight is 236 g/mol. The molecule has 0 fully saturated rings. The first-order valence-electron chi connectivity index (χ1n) is 3.09. The van der Waals surface area contributed by atoms with E-state index < -0.39 is 9.05 Å². The molecular formula is C7H3Cl2NO2S. The summed E-state index contributed by atoms with van der Waals surface area (Å²) >= 11 is 5.56. The molecule has 13 heavy (non-hydrogen) atoms. The number of nitrogens with zero attached hydrogens (tertiary/aromatic N) is 1. The smallest absolute Gasteiger partial charge is 0.207 e. The van der Waals surface area contributed by atoms with Crippen molar-refractivity contribution in [3.63, 3.8) is 0 Å². The Balaban J connectivity index is 3.47. The van der Waals surface area contributed by atoms with Crippen LogP contribution in [0.5, 0.6) is 0 Å². The van der Waals surface area contributed by atoms with Crippen molar-refractivity contribution in [2.24, 2.45) is 0 Å². The summed E-state index contributed by atoms with van der Waals surface area (Å²) in [6.07, 6.45) is 0. The number of hydrogen-bond acceptors (Lipinski definition) is 3. The van der Waals surface area contributed by atoms with Crippen LogP contribution in [0.2, 0.25) is 5.02 Å². The normalized spacial score (nSPS) is 10.8. The SMILES string of the molecule is N#Cc1ccc(Cl)c(S(=O)(=O)Cl)c1. The molecule has 0 saturated carbocycles. The first-order valence-corrected chi connectivity index (χ1v) is 5.78. The molecule has 0 unspecified atom stereocenters. The highest BCUT2D eigenvalue weighted by Crippen LogP contribution is 2.25. The van der Waals surface area contributed by atoms with Crippen molar-refractivity contribution in [2.45, 2.75) is 4.90 Å². The molecule has 0 aliphatic rings. The highest BCUT2D eigenvalue weighted by molar-refractivity contribution is 8.13. The minimum atomic E-state index is -3.88. The van der Waals surface area contributed by atoms with E-state index in [1.54, 1.807) is 6.07 Å². The van der Waals surface area contributed by atoms with Crippen LogP contribution in [0.3, 0.4) is 0 Å². The van der Waals surface area contributed by atoms with Crippen molar-refractivity contribution in [2.75, 3.05) is 0 Å². The van der Waals surface area contributed by atoms with Gasteiger partial charge >= 0.3 is 0 Å². The van der Waals surface area contributed by atoms with Crippen molar-refractivity contribution >= 4 is 31.3 Å². The average Bonchev–Trinajstić information content (AvgIpc) is 2.03. The molecule has 1 aromatic carbocycles. The van der Waals surface area contributed by atoms with Gasteiger partial charge in [-0.2, -0.15) is 5.26 Å². The summed E-state index contributed by atoms with van der Waals surface area (Å²) in [5.41, 5.74) is 0.198.